The fraction of sp³-hybridized carbons (Fsp3) is 0.176. The Hall–Kier alpha value is -1.72. The SMILES string of the molecule is Cc1ccccc1NC(=O)CSC1=Nc2ccccc2CS1. The largest absolute Gasteiger partial charge is 0.325 e. The van der Waals surface area contributed by atoms with Crippen molar-refractivity contribution in [3.05, 3.63) is 59.7 Å². The summed E-state index contributed by atoms with van der Waals surface area (Å²) in [5, 5.41) is 2.94. The molecule has 1 aliphatic heterocycles. The fourth-order valence-corrected chi connectivity index (χ4v) is 3.98. The molecule has 0 aromatic heterocycles. The van der Waals surface area contributed by atoms with E-state index in [1.807, 2.05) is 49.4 Å². The van der Waals surface area contributed by atoms with E-state index in [1.165, 1.54) is 17.3 Å². The van der Waals surface area contributed by atoms with Gasteiger partial charge in [0, 0.05) is 11.4 Å². The van der Waals surface area contributed by atoms with Gasteiger partial charge >= 0.3 is 0 Å². The summed E-state index contributed by atoms with van der Waals surface area (Å²) < 4.78 is 0.957. The molecule has 22 heavy (non-hydrogen) atoms. The number of fused-ring (bicyclic) bond motifs is 1. The third-order valence-corrected chi connectivity index (χ3v) is 5.55. The summed E-state index contributed by atoms with van der Waals surface area (Å²) in [5.41, 5.74) is 4.21. The summed E-state index contributed by atoms with van der Waals surface area (Å²) in [7, 11) is 0. The molecule has 0 spiro atoms. The third-order valence-electron chi connectivity index (χ3n) is 3.30. The van der Waals surface area contributed by atoms with E-state index in [4.69, 9.17) is 0 Å². The van der Waals surface area contributed by atoms with Gasteiger partial charge in [-0.3, -0.25) is 4.79 Å². The number of rotatable bonds is 3. The van der Waals surface area contributed by atoms with Crippen molar-refractivity contribution >= 4 is 45.2 Å². The van der Waals surface area contributed by atoms with Gasteiger partial charge in [0.2, 0.25) is 5.91 Å². The lowest BCUT2D eigenvalue weighted by Crippen LogP contribution is -2.15. The van der Waals surface area contributed by atoms with Crippen LogP contribution in [0.25, 0.3) is 0 Å². The normalized spacial score (nSPS) is 13.2. The van der Waals surface area contributed by atoms with E-state index in [-0.39, 0.29) is 5.91 Å². The van der Waals surface area contributed by atoms with Crippen LogP contribution in [0.4, 0.5) is 11.4 Å². The maximum Gasteiger partial charge on any atom is 0.234 e. The average molecular weight is 328 g/mol. The fourth-order valence-electron chi connectivity index (χ4n) is 2.11. The van der Waals surface area contributed by atoms with Crippen LogP contribution in [0, 0.1) is 6.92 Å². The van der Waals surface area contributed by atoms with Gasteiger partial charge in [0.25, 0.3) is 0 Å². The molecule has 0 bridgehead atoms. The average Bonchev–Trinajstić information content (AvgIpc) is 2.55. The van der Waals surface area contributed by atoms with E-state index in [2.05, 4.69) is 16.4 Å². The molecule has 0 fully saturated rings. The first-order valence-corrected chi connectivity index (χ1v) is 8.97. The lowest BCUT2D eigenvalue weighted by Gasteiger charge is -2.14. The number of aliphatic imine (C=N–C) groups is 1. The van der Waals surface area contributed by atoms with Crippen LogP contribution >= 0.6 is 23.5 Å². The van der Waals surface area contributed by atoms with E-state index in [9.17, 15) is 4.79 Å². The van der Waals surface area contributed by atoms with Crippen molar-refractivity contribution in [1.82, 2.24) is 0 Å². The first-order valence-electron chi connectivity index (χ1n) is 7.00. The second-order valence-electron chi connectivity index (χ2n) is 4.95. The minimum atomic E-state index is 0.00135. The van der Waals surface area contributed by atoms with Gasteiger partial charge in [0.1, 0.15) is 4.38 Å². The highest BCUT2D eigenvalue weighted by Crippen LogP contribution is 2.34. The third kappa shape index (κ3) is 3.72. The highest BCUT2D eigenvalue weighted by molar-refractivity contribution is 8.38. The van der Waals surface area contributed by atoms with Gasteiger partial charge in [-0.25, -0.2) is 4.99 Å². The lowest BCUT2D eigenvalue weighted by molar-refractivity contribution is -0.113. The summed E-state index contributed by atoms with van der Waals surface area (Å²) in [5.74, 6) is 1.30. The van der Waals surface area contributed by atoms with E-state index in [0.29, 0.717) is 5.75 Å². The van der Waals surface area contributed by atoms with Crippen LogP contribution in [0.2, 0.25) is 0 Å². The van der Waals surface area contributed by atoms with Gasteiger partial charge in [0.05, 0.1) is 11.4 Å². The molecule has 1 aliphatic rings. The van der Waals surface area contributed by atoms with Crippen molar-refractivity contribution in [2.24, 2.45) is 4.99 Å². The second-order valence-corrected chi connectivity index (χ2v) is 7.13. The highest BCUT2D eigenvalue weighted by Gasteiger charge is 2.14. The van der Waals surface area contributed by atoms with E-state index < -0.39 is 0 Å². The molecule has 0 aliphatic carbocycles. The van der Waals surface area contributed by atoms with Crippen molar-refractivity contribution in [2.45, 2.75) is 12.7 Å². The first-order chi connectivity index (χ1) is 10.7. The number of benzene rings is 2. The number of para-hydroxylation sites is 2. The second kappa shape index (κ2) is 7.03. The molecule has 1 amide bonds. The van der Waals surface area contributed by atoms with Crippen molar-refractivity contribution in [1.29, 1.82) is 0 Å². The Labute approximate surface area is 138 Å². The van der Waals surface area contributed by atoms with Crippen molar-refractivity contribution in [3.8, 4) is 0 Å². The van der Waals surface area contributed by atoms with Crippen molar-refractivity contribution in [2.75, 3.05) is 11.1 Å². The molecule has 3 rings (SSSR count). The molecule has 1 N–H and O–H groups in total. The molecule has 0 unspecified atom stereocenters. The summed E-state index contributed by atoms with van der Waals surface area (Å²) in [6.07, 6.45) is 0. The Kier molecular flexibility index (Phi) is 4.85. The van der Waals surface area contributed by atoms with Crippen LogP contribution in [0.15, 0.2) is 53.5 Å². The quantitative estimate of drug-likeness (QED) is 0.895. The smallest absolute Gasteiger partial charge is 0.234 e. The number of anilines is 1. The van der Waals surface area contributed by atoms with Crippen LogP contribution in [-0.4, -0.2) is 16.0 Å². The van der Waals surface area contributed by atoms with Crippen LogP contribution in [0.5, 0.6) is 0 Å². The van der Waals surface area contributed by atoms with Crippen LogP contribution in [0.3, 0.4) is 0 Å². The maximum absolute atomic E-state index is 12.1. The Balaban J connectivity index is 1.58. The minimum Gasteiger partial charge on any atom is -0.325 e. The van der Waals surface area contributed by atoms with Gasteiger partial charge in [-0.05, 0) is 30.2 Å². The Morgan fingerprint density at radius 2 is 2.00 bits per heavy atom. The molecule has 0 radical (unpaired) electrons. The Morgan fingerprint density at radius 1 is 1.23 bits per heavy atom. The molecule has 0 atom stereocenters. The lowest BCUT2D eigenvalue weighted by atomic mass is 10.2. The molecule has 3 nitrogen and oxygen atoms in total. The number of nitrogens with zero attached hydrogens (tertiary/aromatic N) is 1. The molecule has 0 saturated carbocycles. The van der Waals surface area contributed by atoms with Gasteiger partial charge in [-0.1, -0.05) is 59.9 Å². The number of amides is 1. The highest BCUT2D eigenvalue weighted by atomic mass is 32.2. The molecule has 0 saturated heterocycles. The topological polar surface area (TPSA) is 41.5 Å². The van der Waals surface area contributed by atoms with Gasteiger partial charge in [-0.15, -0.1) is 0 Å². The molecule has 2 aromatic rings. The molecule has 5 heteroatoms. The number of aryl methyl sites for hydroxylation is 1. The van der Waals surface area contributed by atoms with E-state index >= 15 is 0 Å². The number of nitrogens with one attached hydrogen (secondary N) is 1. The van der Waals surface area contributed by atoms with E-state index in [1.54, 1.807) is 11.8 Å². The minimum absolute atomic E-state index is 0.00135. The monoisotopic (exact) mass is 328 g/mol. The van der Waals surface area contributed by atoms with Crippen LogP contribution in [-0.2, 0) is 10.5 Å². The molecule has 1 heterocycles. The Morgan fingerprint density at radius 3 is 2.86 bits per heavy atom. The van der Waals surface area contributed by atoms with Gasteiger partial charge in [0.15, 0.2) is 0 Å². The molecule has 112 valence electrons. The molecule has 2 aromatic carbocycles. The predicted molar refractivity (Wildman–Crippen MR) is 97.1 cm³/mol. The van der Waals surface area contributed by atoms with Crippen LogP contribution < -0.4 is 5.32 Å². The summed E-state index contributed by atoms with van der Waals surface area (Å²) in [6, 6.07) is 15.9. The molecular formula is C17H16N2OS2. The number of hydrogen-bond donors (Lipinski definition) is 1. The van der Waals surface area contributed by atoms with E-state index in [0.717, 1.165) is 27.1 Å². The Bertz CT molecular complexity index is 728. The zero-order chi connectivity index (χ0) is 15.4. The summed E-state index contributed by atoms with van der Waals surface area (Å²) >= 11 is 3.19. The van der Waals surface area contributed by atoms with Gasteiger partial charge in [-0.2, -0.15) is 0 Å². The van der Waals surface area contributed by atoms with Crippen molar-refractivity contribution in [3.63, 3.8) is 0 Å². The van der Waals surface area contributed by atoms with Crippen molar-refractivity contribution < 1.29 is 4.79 Å². The number of hydrogen-bond acceptors (Lipinski definition) is 4. The maximum atomic E-state index is 12.1. The standard InChI is InChI=1S/C17H16N2OS2/c1-12-6-2-4-8-14(12)18-16(20)11-22-17-19-15-9-5-3-7-13(15)10-21-17/h2-9H,10-11H2,1H3,(H,18,20). The van der Waals surface area contributed by atoms with Crippen LogP contribution in [0.1, 0.15) is 11.1 Å². The van der Waals surface area contributed by atoms with Gasteiger partial charge < -0.3 is 5.32 Å². The summed E-state index contributed by atoms with van der Waals surface area (Å²) in [6.45, 7) is 1.99. The zero-order valence-electron chi connectivity index (χ0n) is 12.2. The zero-order valence-corrected chi connectivity index (χ0v) is 13.8. The number of carbonyl (C=O) groups excluding carboxylic acids is 1. The predicted octanol–water partition coefficient (Wildman–Crippen LogP) is 4.60. The molecular weight excluding hydrogens is 312 g/mol. The summed E-state index contributed by atoms with van der Waals surface area (Å²) in [4.78, 5) is 16.7. The first kappa shape index (κ1) is 15.2. The number of carbonyl (C=O) groups is 1. The number of thioether (sulfide) groups is 2.